The van der Waals surface area contributed by atoms with Crippen molar-refractivity contribution in [2.45, 2.75) is 61.1 Å². The number of H-pyrrole nitrogens is 1. The highest BCUT2D eigenvalue weighted by atomic mass is 16.1. The Labute approximate surface area is 221 Å². The molecule has 0 radical (unpaired) electrons. The summed E-state index contributed by atoms with van der Waals surface area (Å²) in [7, 11) is 4.11. The predicted molar refractivity (Wildman–Crippen MR) is 155 cm³/mol. The Bertz CT molecular complexity index is 1360. The van der Waals surface area contributed by atoms with E-state index in [1.807, 2.05) is 26.0 Å². The van der Waals surface area contributed by atoms with Gasteiger partial charge in [-0.25, -0.2) is 0 Å². The summed E-state index contributed by atoms with van der Waals surface area (Å²) in [4.78, 5) is 31.2. The molecule has 1 amide bonds. The second kappa shape index (κ2) is 12.2. The average Bonchev–Trinajstić information content (AvgIpc) is 2.80. The normalized spacial score (nSPS) is 11.9. The zero-order valence-electron chi connectivity index (χ0n) is 23.6. The van der Waals surface area contributed by atoms with Gasteiger partial charge >= 0.3 is 0 Å². The average molecular weight is 500 g/mol. The topological polar surface area (TPSA) is 65.2 Å². The van der Waals surface area contributed by atoms with Crippen molar-refractivity contribution in [3.05, 3.63) is 98.0 Å². The maximum absolute atomic E-state index is 13.7. The van der Waals surface area contributed by atoms with E-state index in [2.05, 4.69) is 93.4 Å². The summed E-state index contributed by atoms with van der Waals surface area (Å²) < 4.78 is 0. The zero-order valence-corrected chi connectivity index (χ0v) is 23.6. The molecule has 0 saturated carbocycles. The molecular weight excluding hydrogens is 458 g/mol. The molecule has 1 aromatic heterocycles. The molecule has 3 rings (SSSR count). The van der Waals surface area contributed by atoms with E-state index < -0.39 is 0 Å². The van der Waals surface area contributed by atoms with Gasteiger partial charge in [-0.1, -0.05) is 44.2 Å². The van der Waals surface area contributed by atoms with E-state index in [9.17, 15) is 9.59 Å². The zero-order chi connectivity index (χ0) is 27.3. The van der Waals surface area contributed by atoms with Crippen LogP contribution in [0.1, 0.15) is 71.1 Å². The number of carbonyl (C=O) groups excluding carboxylic acids is 1. The van der Waals surface area contributed by atoms with Crippen LogP contribution in [0.25, 0.3) is 16.7 Å². The van der Waals surface area contributed by atoms with Gasteiger partial charge in [0.15, 0.2) is 0 Å². The lowest BCUT2D eigenvalue weighted by atomic mass is 9.89. The maximum Gasteiger partial charge on any atom is 0.253 e. The molecule has 0 saturated heterocycles. The molecule has 0 unspecified atom stereocenters. The lowest BCUT2D eigenvalue weighted by molar-refractivity contribution is 0.0950. The first-order chi connectivity index (χ1) is 17.5. The van der Waals surface area contributed by atoms with E-state index in [0.29, 0.717) is 17.0 Å². The minimum Gasteiger partial charge on any atom is -0.348 e. The second-order valence-electron chi connectivity index (χ2n) is 10.8. The lowest BCUT2D eigenvalue weighted by Gasteiger charge is -2.18. The maximum atomic E-state index is 13.7. The third kappa shape index (κ3) is 7.30. The number of aromatic nitrogens is 1. The summed E-state index contributed by atoms with van der Waals surface area (Å²) in [6, 6.07) is 14.6. The van der Waals surface area contributed by atoms with E-state index in [1.54, 1.807) is 0 Å². The molecule has 0 aliphatic rings. The highest BCUT2D eigenvalue weighted by Crippen LogP contribution is 2.31. The molecule has 0 bridgehead atoms. The monoisotopic (exact) mass is 499 g/mol. The number of hydrogen-bond acceptors (Lipinski definition) is 3. The first kappa shape index (κ1) is 28.1. The predicted octanol–water partition coefficient (Wildman–Crippen LogP) is 6.41. The molecular formula is C32H41N3O2. The molecule has 0 atom stereocenters. The fourth-order valence-corrected chi connectivity index (χ4v) is 4.75. The van der Waals surface area contributed by atoms with Gasteiger partial charge in [-0.05, 0) is 111 Å². The largest absolute Gasteiger partial charge is 0.348 e. The molecule has 0 fully saturated rings. The number of hydrogen-bond donors (Lipinski definition) is 2. The molecule has 0 aliphatic carbocycles. The number of aromatic amines is 1. The second-order valence-corrected chi connectivity index (χ2v) is 10.8. The Kier molecular flexibility index (Phi) is 9.28. The Morgan fingerprint density at radius 3 is 2.41 bits per heavy atom. The van der Waals surface area contributed by atoms with Crippen molar-refractivity contribution in [1.82, 2.24) is 15.2 Å². The van der Waals surface area contributed by atoms with Crippen LogP contribution in [-0.2, 0) is 13.1 Å². The summed E-state index contributed by atoms with van der Waals surface area (Å²) in [6.45, 7) is 13.3. The van der Waals surface area contributed by atoms with Crippen LogP contribution in [-0.4, -0.2) is 29.9 Å². The number of nitrogens with zero attached hydrogens (tertiary/aromatic N) is 1. The molecule has 1 heterocycles. The van der Waals surface area contributed by atoms with Gasteiger partial charge in [-0.3, -0.25) is 9.59 Å². The Morgan fingerprint density at radius 2 is 1.76 bits per heavy atom. The van der Waals surface area contributed by atoms with E-state index >= 15 is 0 Å². The minimum atomic E-state index is -0.180. The molecule has 2 aromatic carbocycles. The summed E-state index contributed by atoms with van der Waals surface area (Å²) >= 11 is 0. The number of nitrogens with one attached hydrogen (secondary N) is 2. The van der Waals surface area contributed by atoms with Crippen LogP contribution in [0.3, 0.4) is 0 Å². The molecule has 37 heavy (non-hydrogen) atoms. The molecule has 2 N–H and O–H groups in total. The quantitative estimate of drug-likeness (QED) is 0.358. The standard InChI is InChI=1S/C32H41N3O2/c1-20(2)12-13-21(3)30-23(5)15-27(26-11-9-10-25(16-26)19-35(7)8)17-28(30)31(36)33-18-29-22(4)14-24(6)34-32(29)37/h9-11,13-17,20H,12,18-19H2,1-8H3,(H,33,36)(H,34,37)/b21-13-. The molecule has 5 nitrogen and oxygen atoms in total. The smallest absolute Gasteiger partial charge is 0.253 e. The fraction of sp³-hybridized carbons (Fsp3) is 0.375. The van der Waals surface area contributed by atoms with Crippen molar-refractivity contribution in [3.8, 4) is 11.1 Å². The summed E-state index contributed by atoms with van der Waals surface area (Å²) in [5.41, 5.74) is 9.15. The van der Waals surface area contributed by atoms with Gasteiger partial charge in [-0.2, -0.15) is 0 Å². The molecule has 196 valence electrons. The fourth-order valence-electron chi connectivity index (χ4n) is 4.75. The van der Waals surface area contributed by atoms with Crippen LogP contribution >= 0.6 is 0 Å². The van der Waals surface area contributed by atoms with Crippen molar-refractivity contribution in [2.24, 2.45) is 5.92 Å². The number of aryl methyl sites for hydroxylation is 3. The molecule has 0 aliphatic heterocycles. The van der Waals surface area contributed by atoms with Crippen LogP contribution in [0.4, 0.5) is 0 Å². The first-order valence-electron chi connectivity index (χ1n) is 13.0. The van der Waals surface area contributed by atoms with E-state index in [0.717, 1.165) is 52.0 Å². The van der Waals surface area contributed by atoms with Gasteiger partial charge in [0, 0.05) is 29.9 Å². The summed E-state index contributed by atoms with van der Waals surface area (Å²) in [6.07, 6.45) is 3.16. The van der Waals surface area contributed by atoms with Crippen LogP contribution in [0.15, 0.2) is 53.3 Å². The van der Waals surface area contributed by atoms with E-state index in [4.69, 9.17) is 0 Å². The Morgan fingerprint density at radius 1 is 1.03 bits per heavy atom. The van der Waals surface area contributed by atoms with Crippen LogP contribution in [0, 0.1) is 26.7 Å². The van der Waals surface area contributed by atoms with Gasteiger partial charge < -0.3 is 15.2 Å². The van der Waals surface area contributed by atoms with E-state index in [-0.39, 0.29) is 18.0 Å². The van der Waals surface area contributed by atoms with Gasteiger partial charge in [0.1, 0.15) is 0 Å². The number of pyridine rings is 1. The van der Waals surface area contributed by atoms with Crippen LogP contribution in [0.2, 0.25) is 0 Å². The number of allylic oxidation sites excluding steroid dienone is 2. The van der Waals surface area contributed by atoms with Crippen molar-refractivity contribution >= 4 is 11.5 Å². The number of rotatable bonds is 9. The van der Waals surface area contributed by atoms with Crippen LogP contribution < -0.4 is 10.9 Å². The molecule has 0 spiro atoms. The Hall–Kier alpha value is -3.44. The number of carbonyl (C=O) groups is 1. The summed E-state index contributed by atoms with van der Waals surface area (Å²) in [5, 5.41) is 3.03. The number of amides is 1. The van der Waals surface area contributed by atoms with Crippen molar-refractivity contribution in [1.29, 1.82) is 0 Å². The minimum absolute atomic E-state index is 0.159. The van der Waals surface area contributed by atoms with Crippen LogP contribution in [0.5, 0.6) is 0 Å². The van der Waals surface area contributed by atoms with Gasteiger partial charge in [-0.15, -0.1) is 0 Å². The number of benzene rings is 2. The highest BCUT2D eigenvalue weighted by Gasteiger charge is 2.18. The summed E-state index contributed by atoms with van der Waals surface area (Å²) in [5.74, 6) is 0.351. The van der Waals surface area contributed by atoms with Gasteiger partial charge in [0.2, 0.25) is 0 Å². The first-order valence-corrected chi connectivity index (χ1v) is 13.0. The Balaban J connectivity index is 2.06. The van der Waals surface area contributed by atoms with Gasteiger partial charge in [0.25, 0.3) is 11.5 Å². The lowest BCUT2D eigenvalue weighted by Crippen LogP contribution is -2.28. The third-order valence-electron chi connectivity index (χ3n) is 6.55. The van der Waals surface area contributed by atoms with Crippen molar-refractivity contribution in [2.75, 3.05) is 14.1 Å². The van der Waals surface area contributed by atoms with E-state index in [1.165, 1.54) is 5.56 Å². The van der Waals surface area contributed by atoms with Gasteiger partial charge in [0.05, 0.1) is 0 Å². The van der Waals surface area contributed by atoms with Crippen molar-refractivity contribution in [3.63, 3.8) is 0 Å². The SMILES string of the molecule is C/C(=C/CC(C)C)c1c(C)cc(-c2cccc(CN(C)C)c2)cc1C(=O)NCc1c(C)cc(C)[nH]c1=O. The molecule has 5 heteroatoms. The molecule has 3 aromatic rings. The highest BCUT2D eigenvalue weighted by molar-refractivity contribution is 6.01. The third-order valence-corrected chi connectivity index (χ3v) is 6.55. The van der Waals surface area contributed by atoms with Crippen molar-refractivity contribution < 1.29 is 4.79 Å².